The summed E-state index contributed by atoms with van der Waals surface area (Å²) in [7, 11) is 0. The Balaban J connectivity index is 1.20. The van der Waals surface area contributed by atoms with Crippen LogP contribution in [0.2, 0.25) is 10.0 Å². The van der Waals surface area contributed by atoms with E-state index in [0.29, 0.717) is 15.8 Å². The lowest BCUT2D eigenvalue weighted by Crippen LogP contribution is -2.44. The molecule has 2 heterocycles. The molecule has 3 aromatic rings. The fourth-order valence-corrected chi connectivity index (χ4v) is 6.01. The Labute approximate surface area is 225 Å². The number of halogens is 2. The Hall–Kier alpha value is -1.77. The van der Waals surface area contributed by atoms with Crippen LogP contribution in [0.1, 0.15) is 31.7 Å². The second-order valence-electron chi connectivity index (χ2n) is 8.66. The van der Waals surface area contributed by atoms with Gasteiger partial charge >= 0.3 is 0 Å². The Kier molecular flexibility index (Phi) is 9.75. The van der Waals surface area contributed by atoms with Gasteiger partial charge in [0.05, 0.1) is 21.5 Å². The number of likely N-dealkylation sites (tertiary alicyclic amines) is 1. The first kappa shape index (κ1) is 26.3. The molecule has 1 amide bonds. The molecule has 1 fully saturated rings. The van der Waals surface area contributed by atoms with E-state index in [9.17, 15) is 4.79 Å². The number of rotatable bonds is 10. The van der Waals surface area contributed by atoms with E-state index in [1.807, 2.05) is 24.3 Å². The zero-order valence-corrected chi connectivity index (χ0v) is 22.9. The number of hydrogen-bond acceptors (Lipinski definition) is 6. The van der Waals surface area contributed by atoms with Crippen LogP contribution in [0.15, 0.2) is 52.2 Å². The zero-order valence-electron chi connectivity index (χ0n) is 19.7. The molecule has 1 aliphatic heterocycles. The number of piperidine rings is 1. The van der Waals surface area contributed by atoms with E-state index in [-0.39, 0.29) is 11.9 Å². The number of nitrogens with zero attached hydrogens (tertiary/aromatic N) is 2. The van der Waals surface area contributed by atoms with Gasteiger partial charge in [0, 0.05) is 48.9 Å². The number of carbonyl (C=O) groups excluding carboxylic acids is 1. The summed E-state index contributed by atoms with van der Waals surface area (Å²) in [4.78, 5) is 19.7. The predicted molar refractivity (Wildman–Crippen MR) is 150 cm³/mol. The van der Waals surface area contributed by atoms with Crippen LogP contribution in [0.3, 0.4) is 0 Å². The highest BCUT2D eigenvalue weighted by atomic mass is 35.5. The summed E-state index contributed by atoms with van der Waals surface area (Å²) in [5.41, 5.74) is 4.30. The molecule has 1 saturated heterocycles. The summed E-state index contributed by atoms with van der Waals surface area (Å²) in [6.45, 7) is 5.84. The average molecular weight is 550 g/mol. The summed E-state index contributed by atoms with van der Waals surface area (Å²) in [5, 5.41) is 9.84. The van der Waals surface area contributed by atoms with Crippen LogP contribution in [-0.2, 0) is 11.3 Å². The third-order valence-corrected chi connectivity index (χ3v) is 8.65. The summed E-state index contributed by atoms with van der Waals surface area (Å²) in [5.74, 6) is 0.453. The van der Waals surface area contributed by atoms with Gasteiger partial charge in [-0.2, -0.15) is 0 Å². The molecule has 0 atom stereocenters. The number of carbonyl (C=O) groups is 1. The fourth-order valence-electron chi connectivity index (χ4n) is 4.04. The number of anilines is 1. The normalized spacial score (nSPS) is 14.7. The van der Waals surface area contributed by atoms with Crippen molar-refractivity contribution in [1.29, 1.82) is 0 Å². The van der Waals surface area contributed by atoms with Crippen molar-refractivity contribution in [1.82, 2.24) is 15.2 Å². The second kappa shape index (κ2) is 13.0. The Bertz CT molecular complexity index is 1130. The Morgan fingerprint density at radius 3 is 2.77 bits per heavy atom. The highest BCUT2D eigenvalue weighted by Gasteiger charge is 2.21. The van der Waals surface area contributed by atoms with Crippen molar-refractivity contribution in [2.45, 2.75) is 43.1 Å². The molecule has 186 valence electrons. The lowest BCUT2D eigenvalue weighted by Gasteiger charge is -2.32. The molecule has 2 N–H and O–H groups in total. The van der Waals surface area contributed by atoms with Gasteiger partial charge < -0.3 is 10.6 Å². The third kappa shape index (κ3) is 7.86. The lowest BCUT2D eigenvalue weighted by molar-refractivity contribution is -0.119. The van der Waals surface area contributed by atoms with Gasteiger partial charge in [0.1, 0.15) is 0 Å². The molecule has 0 bridgehead atoms. The highest BCUT2D eigenvalue weighted by molar-refractivity contribution is 8.01. The molecule has 9 heteroatoms. The number of thiazole rings is 1. The zero-order chi connectivity index (χ0) is 24.6. The first-order chi connectivity index (χ1) is 17.0. The quantitative estimate of drug-likeness (QED) is 0.272. The number of aromatic nitrogens is 1. The minimum Gasteiger partial charge on any atom is -0.385 e. The SMILES string of the molecule is CCCNc1cccc(-c2csc(SCC(=O)NC3CCN(Cc4ccc(Cl)c(Cl)c4)CC3)n2)c1. The standard InChI is InChI=1S/C26H30Cl2N4OS2/c1-2-10-29-21-5-3-4-19(14-21)24-16-34-26(31-24)35-17-25(33)30-20-8-11-32(12-9-20)15-18-6-7-22(27)23(28)13-18/h3-7,13-14,16,20,29H,2,8-12,15,17H2,1H3,(H,30,33). The van der Waals surface area contributed by atoms with Crippen molar-refractivity contribution >= 4 is 57.9 Å². The van der Waals surface area contributed by atoms with Gasteiger partial charge in [-0.1, -0.05) is 60.1 Å². The first-order valence-corrected chi connectivity index (χ1v) is 14.5. The van der Waals surface area contributed by atoms with Crippen molar-refractivity contribution in [3.05, 3.63) is 63.5 Å². The molecule has 4 rings (SSSR count). The van der Waals surface area contributed by atoms with Crippen LogP contribution >= 0.6 is 46.3 Å². The van der Waals surface area contributed by atoms with Gasteiger partial charge in [-0.05, 0) is 49.1 Å². The van der Waals surface area contributed by atoms with Gasteiger partial charge in [0.25, 0.3) is 0 Å². The molecule has 0 aliphatic carbocycles. The van der Waals surface area contributed by atoms with Crippen LogP contribution < -0.4 is 10.6 Å². The average Bonchev–Trinajstić information content (AvgIpc) is 3.34. The molecular weight excluding hydrogens is 519 g/mol. The predicted octanol–water partition coefficient (Wildman–Crippen LogP) is 6.81. The number of benzene rings is 2. The minimum atomic E-state index is 0.0699. The maximum atomic E-state index is 12.5. The van der Waals surface area contributed by atoms with Crippen molar-refractivity contribution in [3.63, 3.8) is 0 Å². The number of amides is 1. The molecule has 2 aromatic carbocycles. The molecule has 0 saturated carbocycles. The Morgan fingerprint density at radius 1 is 1.17 bits per heavy atom. The van der Waals surface area contributed by atoms with E-state index in [4.69, 9.17) is 28.2 Å². The summed E-state index contributed by atoms with van der Waals surface area (Å²) < 4.78 is 0.915. The van der Waals surface area contributed by atoms with E-state index in [0.717, 1.165) is 72.3 Å². The van der Waals surface area contributed by atoms with Crippen LogP contribution in [-0.4, -0.2) is 47.2 Å². The van der Waals surface area contributed by atoms with Gasteiger partial charge in [-0.25, -0.2) is 4.98 Å². The van der Waals surface area contributed by atoms with E-state index in [2.05, 4.69) is 46.0 Å². The summed E-state index contributed by atoms with van der Waals surface area (Å²) in [6.07, 6.45) is 2.98. The van der Waals surface area contributed by atoms with E-state index >= 15 is 0 Å². The van der Waals surface area contributed by atoms with Crippen molar-refractivity contribution in [3.8, 4) is 11.3 Å². The first-order valence-electron chi connectivity index (χ1n) is 11.9. The fraction of sp³-hybridized carbons (Fsp3) is 0.385. The maximum Gasteiger partial charge on any atom is 0.230 e. The van der Waals surface area contributed by atoms with Gasteiger partial charge in [0.15, 0.2) is 4.34 Å². The summed E-state index contributed by atoms with van der Waals surface area (Å²) in [6, 6.07) is 14.3. The third-order valence-electron chi connectivity index (χ3n) is 5.89. The van der Waals surface area contributed by atoms with Crippen LogP contribution in [0.5, 0.6) is 0 Å². The van der Waals surface area contributed by atoms with Crippen LogP contribution in [0.25, 0.3) is 11.3 Å². The highest BCUT2D eigenvalue weighted by Crippen LogP contribution is 2.29. The van der Waals surface area contributed by atoms with Crippen molar-refractivity contribution in [2.24, 2.45) is 0 Å². The molecule has 0 radical (unpaired) electrons. The summed E-state index contributed by atoms with van der Waals surface area (Å²) >= 11 is 15.2. The number of nitrogens with one attached hydrogen (secondary N) is 2. The smallest absolute Gasteiger partial charge is 0.230 e. The van der Waals surface area contributed by atoms with Crippen LogP contribution in [0, 0.1) is 0 Å². The molecule has 35 heavy (non-hydrogen) atoms. The molecule has 0 spiro atoms. The van der Waals surface area contributed by atoms with Crippen LogP contribution in [0.4, 0.5) is 5.69 Å². The molecular formula is C26H30Cl2N4OS2. The van der Waals surface area contributed by atoms with Gasteiger partial charge in [0.2, 0.25) is 5.91 Å². The van der Waals surface area contributed by atoms with Crippen molar-refractivity contribution < 1.29 is 4.79 Å². The van der Waals surface area contributed by atoms with E-state index in [1.54, 1.807) is 11.3 Å². The number of thioether (sulfide) groups is 1. The van der Waals surface area contributed by atoms with Gasteiger partial charge in [-0.15, -0.1) is 11.3 Å². The largest absolute Gasteiger partial charge is 0.385 e. The monoisotopic (exact) mass is 548 g/mol. The van der Waals surface area contributed by atoms with E-state index in [1.165, 1.54) is 11.8 Å². The Morgan fingerprint density at radius 2 is 2.00 bits per heavy atom. The molecule has 1 aliphatic rings. The molecule has 0 unspecified atom stereocenters. The van der Waals surface area contributed by atoms with Crippen molar-refractivity contribution in [2.75, 3.05) is 30.7 Å². The minimum absolute atomic E-state index is 0.0699. The molecule has 1 aromatic heterocycles. The second-order valence-corrected chi connectivity index (χ2v) is 11.6. The molecule has 5 nitrogen and oxygen atoms in total. The topological polar surface area (TPSA) is 57.3 Å². The number of hydrogen-bond donors (Lipinski definition) is 2. The lowest BCUT2D eigenvalue weighted by atomic mass is 10.0. The van der Waals surface area contributed by atoms with E-state index < -0.39 is 0 Å². The maximum absolute atomic E-state index is 12.5. The van der Waals surface area contributed by atoms with Gasteiger partial charge in [-0.3, -0.25) is 9.69 Å².